The number of aliphatic hydroxyl groups is 1. The normalized spacial score (nSPS) is 14.1. The monoisotopic (exact) mass is 256 g/mol. The van der Waals surface area contributed by atoms with E-state index < -0.39 is 0 Å². The number of nitrogen functional groups attached to an aromatic ring is 1. The second-order valence-electron chi connectivity index (χ2n) is 4.16. The number of carbonyl (C=O) groups is 1. The Morgan fingerprint density at radius 3 is 2.76 bits per heavy atom. The second-order valence-corrected chi connectivity index (χ2v) is 4.57. The molecule has 4 nitrogen and oxygen atoms in total. The highest BCUT2D eigenvalue weighted by Gasteiger charge is 2.17. The Morgan fingerprint density at radius 1 is 1.53 bits per heavy atom. The van der Waals surface area contributed by atoms with E-state index in [9.17, 15) is 4.79 Å². The van der Waals surface area contributed by atoms with Gasteiger partial charge in [0.15, 0.2) is 0 Å². The van der Waals surface area contributed by atoms with E-state index in [2.05, 4.69) is 5.32 Å². The van der Waals surface area contributed by atoms with Crippen LogP contribution in [0, 0.1) is 5.92 Å². The van der Waals surface area contributed by atoms with Gasteiger partial charge < -0.3 is 16.2 Å². The molecule has 0 aliphatic rings. The second kappa shape index (κ2) is 5.89. The number of hydrogen-bond acceptors (Lipinski definition) is 3. The topological polar surface area (TPSA) is 75.3 Å². The lowest BCUT2D eigenvalue weighted by atomic mass is 10.0. The Bertz CT molecular complexity index is 409. The number of anilines is 1. The predicted molar refractivity (Wildman–Crippen MR) is 69.0 cm³/mol. The highest BCUT2D eigenvalue weighted by atomic mass is 35.5. The molecule has 1 amide bonds. The van der Waals surface area contributed by atoms with Crippen molar-refractivity contribution in [1.82, 2.24) is 5.32 Å². The third-order valence-corrected chi connectivity index (χ3v) is 3.06. The minimum Gasteiger partial charge on any atom is -0.399 e. The van der Waals surface area contributed by atoms with Gasteiger partial charge in [-0.2, -0.15) is 0 Å². The van der Waals surface area contributed by atoms with Crippen LogP contribution in [0.3, 0.4) is 0 Å². The number of nitrogens with two attached hydrogens (primary N) is 1. The molecule has 0 saturated carbocycles. The van der Waals surface area contributed by atoms with Crippen LogP contribution in [0.25, 0.3) is 0 Å². The summed E-state index contributed by atoms with van der Waals surface area (Å²) in [5, 5.41) is 12.1. The number of amides is 1. The third-order valence-electron chi connectivity index (χ3n) is 2.74. The van der Waals surface area contributed by atoms with E-state index in [4.69, 9.17) is 22.4 Å². The number of aliphatic hydroxyl groups excluding tert-OH is 1. The summed E-state index contributed by atoms with van der Waals surface area (Å²) in [6.45, 7) is 3.71. The van der Waals surface area contributed by atoms with Crippen molar-refractivity contribution >= 4 is 23.2 Å². The molecule has 0 fully saturated rings. The number of benzene rings is 1. The molecule has 2 atom stereocenters. The fourth-order valence-electron chi connectivity index (χ4n) is 1.30. The van der Waals surface area contributed by atoms with Crippen molar-refractivity contribution in [1.29, 1.82) is 0 Å². The Kier molecular flexibility index (Phi) is 4.78. The summed E-state index contributed by atoms with van der Waals surface area (Å²) in [4.78, 5) is 11.9. The first-order valence-electron chi connectivity index (χ1n) is 5.42. The molecule has 1 aromatic rings. The van der Waals surface area contributed by atoms with Crippen molar-refractivity contribution in [3.63, 3.8) is 0 Å². The van der Waals surface area contributed by atoms with E-state index >= 15 is 0 Å². The maximum absolute atomic E-state index is 11.9. The number of carbonyl (C=O) groups excluding carboxylic acids is 1. The highest BCUT2D eigenvalue weighted by Crippen LogP contribution is 2.19. The maximum Gasteiger partial charge on any atom is 0.253 e. The van der Waals surface area contributed by atoms with Crippen molar-refractivity contribution in [2.24, 2.45) is 5.92 Å². The molecule has 5 heteroatoms. The SMILES string of the molecule is CC(CO)C(C)NC(=O)c1cc(N)ccc1Cl. The predicted octanol–water partition coefficient (Wildman–Crippen LogP) is 1.67. The smallest absolute Gasteiger partial charge is 0.253 e. The third kappa shape index (κ3) is 3.61. The van der Waals surface area contributed by atoms with Crippen LogP contribution in [-0.2, 0) is 0 Å². The summed E-state index contributed by atoms with van der Waals surface area (Å²) in [5.74, 6) is -0.297. The molecule has 0 heterocycles. The van der Waals surface area contributed by atoms with E-state index in [1.54, 1.807) is 12.1 Å². The van der Waals surface area contributed by atoms with Gasteiger partial charge in [-0.3, -0.25) is 4.79 Å². The van der Waals surface area contributed by atoms with E-state index in [1.165, 1.54) is 6.07 Å². The molecule has 4 N–H and O–H groups in total. The Hall–Kier alpha value is -1.26. The first kappa shape index (κ1) is 13.8. The maximum atomic E-state index is 11.9. The van der Waals surface area contributed by atoms with Gasteiger partial charge in [0.1, 0.15) is 0 Å². The van der Waals surface area contributed by atoms with Crippen molar-refractivity contribution < 1.29 is 9.90 Å². The summed E-state index contributed by atoms with van der Waals surface area (Å²) in [5.41, 5.74) is 6.44. The zero-order chi connectivity index (χ0) is 13.0. The minimum absolute atomic E-state index is 0.0150. The summed E-state index contributed by atoms with van der Waals surface area (Å²) >= 11 is 5.92. The molecular weight excluding hydrogens is 240 g/mol. The summed E-state index contributed by atoms with van der Waals surface area (Å²) in [6, 6.07) is 4.63. The van der Waals surface area contributed by atoms with Gasteiger partial charge in [-0.15, -0.1) is 0 Å². The molecule has 2 unspecified atom stereocenters. The van der Waals surface area contributed by atoms with Crippen LogP contribution in [0.5, 0.6) is 0 Å². The van der Waals surface area contributed by atoms with Crippen molar-refractivity contribution in [2.45, 2.75) is 19.9 Å². The van der Waals surface area contributed by atoms with Crippen LogP contribution in [0.4, 0.5) is 5.69 Å². The van der Waals surface area contributed by atoms with Crippen LogP contribution in [0.2, 0.25) is 5.02 Å². The molecule has 1 aromatic carbocycles. The molecule has 0 radical (unpaired) electrons. The van der Waals surface area contributed by atoms with Gasteiger partial charge in [0, 0.05) is 18.3 Å². The van der Waals surface area contributed by atoms with Gasteiger partial charge in [-0.05, 0) is 31.0 Å². The zero-order valence-corrected chi connectivity index (χ0v) is 10.7. The van der Waals surface area contributed by atoms with E-state index in [0.717, 1.165) is 0 Å². The molecular formula is C12H17ClN2O2. The van der Waals surface area contributed by atoms with Crippen LogP contribution in [-0.4, -0.2) is 23.7 Å². The lowest BCUT2D eigenvalue weighted by Gasteiger charge is -2.19. The zero-order valence-electron chi connectivity index (χ0n) is 9.90. The average molecular weight is 257 g/mol. The molecule has 1 rings (SSSR count). The average Bonchev–Trinajstić information content (AvgIpc) is 2.30. The number of halogens is 1. The summed E-state index contributed by atoms with van der Waals surface area (Å²) in [6.07, 6.45) is 0. The summed E-state index contributed by atoms with van der Waals surface area (Å²) in [7, 11) is 0. The van der Waals surface area contributed by atoms with Gasteiger partial charge >= 0.3 is 0 Å². The molecule has 0 aromatic heterocycles. The van der Waals surface area contributed by atoms with Crippen molar-refractivity contribution in [2.75, 3.05) is 12.3 Å². The number of hydrogen-bond donors (Lipinski definition) is 3. The Labute approximate surface area is 106 Å². The number of rotatable bonds is 4. The fraction of sp³-hybridized carbons (Fsp3) is 0.417. The Morgan fingerprint density at radius 2 is 2.18 bits per heavy atom. The van der Waals surface area contributed by atoms with Gasteiger partial charge in [0.2, 0.25) is 0 Å². The summed E-state index contributed by atoms with van der Waals surface area (Å²) < 4.78 is 0. The first-order chi connectivity index (χ1) is 7.95. The largest absolute Gasteiger partial charge is 0.399 e. The van der Waals surface area contributed by atoms with Gasteiger partial charge in [0.25, 0.3) is 5.91 Å². The van der Waals surface area contributed by atoms with Crippen LogP contribution in [0.1, 0.15) is 24.2 Å². The van der Waals surface area contributed by atoms with E-state index in [0.29, 0.717) is 16.3 Å². The van der Waals surface area contributed by atoms with Gasteiger partial charge in [0.05, 0.1) is 10.6 Å². The minimum atomic E-state index is -0.282. The van der Waals surface area contributed by atoms with Crippen LogP contribution in [0.15, 0.2) is 18.2 Å². The van der Waals surface area contributed by atoms with E-state index in [1.807, 2.05) is 13.8 Å². The Balaban J connectivity index is 2.79. The molecule has 0 saturated heterocycles. The molecule has 0 aliphatic carbocycles. The lowest BCUT2D eigenvalue weighted by Crippen LogP contribution is -2.38. The molecule has 0 spiro atoms. The first-order valence-corrected chi connectivity index (χ1v) is 5.80. The van der Waals surface area contributed by atoms with Gasteiger partial charge in [-0.1, -0.05) is 18.5 Å². The lowest BCUT2D eigenvalue weighted by molar-refractivity contribution is 0.0916. The molecule has 17 heavy (non-hydrogen) atoms. The fourth-order valence-corrected chi connectivity index (χ4v) is 1.51. The molecule has 94 valence electrons. The highest BCUT2D eigenvalue weighted by molar-refractivity contribution is 6.34. The quantitative estimate of drug-likeness (QED) is 0.718. The standard InChI is InChI=1S/C12H17ClN2O2/c1-7(6-16)8(2)15-12(17)10-5-9(14)3-4-11(10)13/h3-5,7-8,16H,6,14H2,1-2H3,(H,15,17). The van der Waals surface area contributed by atoms with Crippen LogP contribution < -0.4 is 11.1 Å². The van der Waals surface area contributed by atoms with Crippen LogP contribution >= 0.6 is 11.6 Å². The van der Waals surface area contributed by atoms with Gasteiger partial charge in [-0.25, -0.2) is 0 Å². The van der Waals surface area contributed by atoms with Crippen molar-refractivity contribution in [3.05, 3.63) is 28.8 Å². The molecule has 0 bridgehead atoms. The van der Waals surface area contributed by atoms with E-state index in [-0.39, 0.29) is 24.5 Å². The van der Waals surface area contributed by atoms with Crippen molar-refractivity contribution in [3.8, 4) is 0 Å². The number of nitrogens with one attached hydrogen (secondary N) is 1. The molecule has 0 aliphatic heterocycles.